The second kappa shape index (κ2) is 6.73. The van der Waals surface area contributed by atoms with E-state index in [0.29, 0.717) is 42.8 Å². The molecule has 0 radical (unpaired) electrons. The predicted molar refractivity (Wildman–Crippen MR) is 109 cm³/mol. The Kier molecular flexibility index (Phi) is 4.04. The highest BCUT2D eigenvalue weighted by Crippen LogP contribution is 2.39. The Balaban J connectivity index is 1.80. The van der Waals surface area contributed by atoms with Crippen molar-refractivity contribution in [1.29, 1.82) is 0 Å². The van der Waals surface area contributed by atoms with Gasteiger partial charge in [-0.15, -0.1) is 0 Å². The molecule has 0 bridgehead atoms. The number of nitrogens with one attached hydrogen (secondary N) is 4. The number of hydrogen-bond acceptors (Lipinski definition) is 6. The van der Waals surface area contributed by atoms with Gasteiger partial charge in [0.25, 0.3) is 5.90 Å². The van der Waals surface area contributed by atoms with Crippen LogP contribution >= 0.6 is 0 Å². The molecule has 0 aliphatic carbocycles. The lowest BCUT2D eigenvalue weighted by Gasteiger charge is -2.39. The molecule has 8 nitrogen and oxygen atoms in total. The molecule has 2 aliphatic heterocycles. The van der Waals surface area contributed by atoms with Crippen LogP contribution in [0.5, 0.6) is 0 Å². The normalized spacial score (nSPS) is 20.9. The Morgan fingerprint density at radius 1 is 1.24 bits per heavy atom. The molecule has 0 fully saturated rings. The lowest BCUT2D eigenvalue weighted by Crippen LogP contribution is -2.52. The van der Waals surface area contributed by atoms with E-state index in [9.17, 15) is 4.79 Å². The van der Waals surface area contributed by atoms with Crippen molar-refractivity contribution >= 4 is 16.8 Å². The number of rotatable bonds is 3. The predicted octanol–water partition coefficient (Wildman–Crippen LogP) is 1.88. The number of pyridine rings is 1. The largest absolute Gasteiger partial charge is 0.483 e. The lowest BCUT2D eigenvalue weighted by atomic mass is 9.90. The molecule has 2 aliphatic rings. The Bertz CT molecular complexity index is 1190. The highest BCUT2D eigenvalue weighted by molar-refractivity contribution is 5.95. The van der Waals surface area contributed by atoms with Gasteiger partial charge in [0.1, 0.15) is 6.61 Å². The number of H-pyrrole nitrogens is 2. The first-order valence-electron chi connectivity index (χ1n) is 9.59. The summed E-state index contributed by atoms with van der Waals surface area (Å²) >= 11 is 0. The summed E-state index contributed by atoms with van der Waals surface area (Å²) in [6.07, 6.45) is 3.54. The van der Waals surface area contributed by atoms with Crippen LogP contribution in [0.4, 0.5) is 0 Å². The second-order valence-corrected chi connectivity index (χ2v) is 6.85. The molecule has 2 aromatic heterocycles. The van der Waals surface area contributed by atoms with E-state index in [1.165, 1.54) is 0 Å². The molecule has 0 amide bonds. The van der Waals surface area contributed by atoms with Gasteiger partial charge < -0.3 is 30.1 Å². The topological polar surface area (TPSA) is 104 Å². The zero-order valence-electron chi connectivity index (χ0n) is 15.9. The van der Waals surface area contributed by atoms with Gasteiger partial charge in [0.05, 0.1) is 13.2 Å². The number of aromatic amines is 2. The zero-order chi connectivity index (χ0) is 19.8. The van der Waals surface area contributed by atoms with Gasteiger partial charge in [-0.3, -0.25) is 4.79 Å². The molecule has 8 heteroatoms. The minimum atomic E-state index is -1.06. The molecule has 0 saturated carbocycles. The van der Waals surface area contributed by atoms with Gasteiger partial charge in [-0.2, -0.15) is 0 Å². The summed E-state index contributed by atoms with van der Waals surface area (Å²) in [7, 11) is 0. The fraction of sp³-hybridized carbons (Fsp3) is 0.238. The minimum Gasteiger partial charge on any atom is -0.483 e. The van der Waals surface area contributed by atoms with Crippen LogP contribution < -0.4 is 16.2 Å². The summed E-state index contributed by atoms with van der Waals surface area (Å²) < 4.78 is 11.7. The third kappa shape index (κ3) is 2.75. The molecule has 0 saturated heterocycles. The van der Waals surface area contributed by atoms with Crippen LogP contribution in [0.25, 0.3) is 10.9 Å². The highest BCUT2D eigenvalue weighted by atomic mass is 16.5. The molecule has 148 valence electrons. The van der Waals surface area contributed by atoms with Crippen LogP contribution in [-0.4, -0.2) is 35.6 Å². The van der Waals surface area contributed by atoms with E-state index < -0.39 is 5.66 Å². The van der Waals surface area contributed by atoms with Crippen LogP contribution in [0.15, 0.2) is 70.2 Å². The smallest absolute Gasteiger partial charge is 0.259 e. The van der Waals surface area contributed by atoms with E-state index in [2.05, 4.69) is 20.6 Å². The first kappa shape index (κ1) is 17.4. The Labute approximate surface area is 166 Å². The molecule has 29 heavy (non-hydrogen) atoms. The zero-order valence-corrected chi connectivity index (χ0v) is 15.9. The molecule has 1 atom stereocenters. The van der Waals surface area contributed by atoms with Gasteiger partial charge in [-0.1, -0.05) is 18.2 Å². The average molecular weight is 391 g/mol. The standard InChI is InChI=1S/C21H21N5O3/c1-2-28-20-18-19(23-9-10-29-18)25-21(26-20,13-7-8-22-17(27)11-13)15-12-24-16-6-4-3-5-14(15)16/h3-8,11-12,23-25H,2,9-10H2,1H3,(H,22,27). The maximum Gasteiger partial charge on any atom is 0.259 e. The van der Waals surface area contributed by atoms with Gasteiger partial charge in [-0.25, -0.2) is 4.99 Å². The summed E-state index contributed by atoms with van der Waals surface area (Å²) in [5.41, 5.74) is 1.29. The molecular weight excluding hydrogens is 370 g/mol. The number of fused-ring (bicyclic) bond motifs is 1. The third-order valence-electron chi connectivity index (χ3n) is 5.10. The van der Waals surface area contributed by atoms with Gasteiger partial charge in [0.2, 0.25) is 11.3 Å². The van der Waals surface area contributed by atoms with Crippen molar-refractivity contribution in [1.82, 2.24) is 20.6 Å². The number of aromatic nitrogens is 2. The van der Waals surface area contributed by atoms with E-state index in [1.54, 1.807) is 12.3 Å². The molecule has 4 N–H and O–H groups in total. The SMILES string of the molecule is CCOC1=NC(c2cc[nH]c(=O)c2)(c2c[nH]c3ccccc23)NC2=C1OCCN2. The third-order valence-corrected chi connectivity index (χ3v) is 5.10. The quantitative estimate of drug-likeness (QED) is 0.546. The second-order valence-electron chi connectivity index (χ2n) is 6.85. The first-order chi connectivity index (χ1) is 14.2. The van der Waals surface area contributed by atoms with Crippen molar-refractivity contribution in [2.75, 3.05) is 19.8 Å². The van der Waals surface area contributed by atoms with E-state index in [1.807, 2.05) is 43.5 Å². The van der Waals surface area contributed by atoms with Gasteiger partial charge >= 0.3 is 0 Å². The number of aliphatic imine (C=N–C) groups is 1. The van der Waals surface area contributed by atoms with Crippen molar-refractivity contribution < 1.29 is 9.47 Å². The van der Waals surface area contributed by atoms with Crippen molar-refractivity contribution in [3.8, 4) is 0 Å². The number of para-hydroxylation sites is 1. The van der Waals surface area contributed by atoms with E-state index in [0.717, 1.165) is 16.5 Å². The Morgan fingerprint density at radius 3 is 3.00 bits per heavy atom. The van der Waals surface area contributed by atoms with Crippen LogP contribution in [0.3, 0.4) is 0 Å². The van der Waals surface area contributed by atoms with E-state index >= 15 is 0 Å². The number of hydrogen-bond donors (Lipinski definition) is 4. The monoisotopic (exact) mass is 391 g/mol. The van der Waals surface area contributed by atoms with Crippen LogP contribution in [-0.2, 0) is 15.1 Å². The number of nitrogens with zero attached hydrogens (tertiary/aromatic N) is 1. The molecule has 0 spiro atoms. The number of ether oxygens (including phenoxy) is 2. The maximum atomic E-state index is 12.2. The Hall–Kier alpha value is -3.68. The molecule has 4 heterocycles. The van der Waals surface area contributed by atoms with E-state index in [-0.39, 0.29) is 5.56 Å². The summed E-state index contributed by atoms with van der Waals surface area (Å²) in [5.74, 6) is 1.65. The van der Waals surface area contributed by atoms with E-state index in [4.69, 9.17) is 14.5 Å². The molecule has 5 rings (SSSR count). The summed E-state index contributed by atoms with van der Waals surface area (Å²) in [6.45, 7) is 3.53. The molecule has 3 aromatic rings. The fourth-order valence-corrected chi connectivity index (χ4v) is 3.86. The van der Waals surface area contributed by atoms with Gasteiger partial charge in [0, 0.05) is 40.5 Å². The van der Waals surface area contributed by atoms with Crippen molar-refractivity contribution in [3.63, 3.8) is 0 Å². The summed E-state index contributed by atoms with van der Waals surface area (Å²) in [6, 6.07) is 11.4. The fourth-order valence-electron chi connectivity index (χ4n) is 3.86. The average Bonchev–Trinajstić information content (AvgIpc) is 3.18. The summed E-state index contributed by atoms with van der Waals surface area (Å²) in [4.78, 5) is 23.1. The van der Waals surface area contributed by atoms with Crippen molar-refractivity contribution in [2.45, 2.75) is 12.6 Å². The van der Waals surface area contributed by atoms with Crippen LogP contribution in [0.2, 0.25) is 0 Å². The molecule has 1 unspecified atom stereocenters. The molecule has 1 aromatic carbocycles. The van der Waals surface area contributed by atoms with Crippen molar-refractivity contribution in [2.24, 2.45) is 4.99 Å². The highest BCUT2D eigenvalue weighted by Gasteiger charge is 2.43. The molecular formula is C21H21N5O3. The van der Waals surface area contributed by atoms with Crippen LogP contribution in [0.1, 0.15) is 18.1 Å². The lowest BCUT2D eigenvalue weighted by molar-refractivity contribution is 0.172. The Morgan fingerprint density at radius 2 is 2.14 bits per heavy atom. The first-order valence-corrected chi connectivity index (χ1v) is 9.59. The van der Waals surface area contributed by atoms with Crippen LogP contribution in [0, 0.1) is 0 Å². The summed E-state index contributed by atoms with van der Waals surface area (Å²) in [5, 5.41) is 7.84. The minimum absolute atomic E-state index is 0.204. The van der Waals surface area contributed by atoms with Gasteiger partial charge in [0.15, 0.2) is 11.5 Å². The number of benzene rings is 1. The van der Waals surface area contributed by atoms with Crippen molar-refractivity contribution in [3.05, 3.63) is 81.9 Å². The maximum absolute atomic E-state index is 12.2. The van der Waals surface area contributed by atoms with Gasteiger partial charge in [-0.05, 0) is 19.1 Å².